The Labute approximate surface area is 151 Å². The van der Waals surface area contributed by atoms with Crippen molar-refractivity contribution in [2.24, 2.45) is 0 Å². The molecule has 2 heterocycles. The zero-order valence-corrected chi connectivity index (χ0v) is 14.3. The van der Waals surface area contributed by atoms with Crippen molar-refractivity contribution in [1.29, 1.82) is 0 Å². The molecule has 2 aromatic heterocycles. The molecule has 0 amide bonds. The summed E-state index contributed by atoms with van der Waals surface area (Å²) in [6.07, 6.45) is 12.6. The zero-order chi connectivity index (χ0) is 17.9. The number of rotatable bonds is 4. The fourth-order valence-corrected chi connectivity index (χ4v) is 3.36. The second-order valence-electron chi connectivity index (χ2n) is 6.52. The summed E-state index contributed by atoms with van der Waals surface area (Å²) in [7, 11) is 0. The molecule has 26 heavy (non-hydrogen) atoms. The van der Waals surface area contributed by atoms with Gasteiger partial charge in [-0.05, 0) is 60.2 Å². The molecule has 1 atom stereocenters. The van der Waals surface area contributed by atoms with Crippen molar-refractivity contribution in [2.75, 3.05) is 5.73 Å². The highest BCUT2D eigenvalue weighted by molar-refractivity contribution is 5.85. The first kappa shape index (κ1) is 16.4. The Morgan fingerprint density at radius 2 is 1.88 bits per heavy atom. The van der Waals surface area contributed by atoms with Gasteiger partial charge in [0.1, 0.15) is 18.0 Å². The van der Waals surface area contributed by atoms with Gasteiger partial charge in [0.2, 0.25) is 0 Å². The molecular weight excluding hydrogens is 327 g/mol. The number of anilines is 1. The minimum absolute atomic E-state index is 0.120. The number of nitrogens with two attached hydrogens (primary N) is 1. The molecule has 1 aliphatic rings. The predicted octanol–water partition coefficient (Wildman–Crippen LogP) is 4.29. The molecule has 0 fully saturated rings. The third-order valence-corrected chi connectivity index (χ3v) is 4.70. The fourth-order valence-electron chi connectivity index (χ4n) is 3.36. The molecule has 4 rings (SSSR count). The van der Waals surface area contributed by atoms with E-state index >= 15 is 0 Å². The molecule has 4 nitrogen and oxygen atoms in total. The number of allylic oxidation sites excluding steroid dienone is 4. The van der Waals surface area contributed by atoms with Gasteiger partial charge in [-0.25, -0.2) is 19.3 Å². The Kier molecular flexibility index (Phi) is 4.44. The van der Waals surface area contributed by atoms with Crippen molar-refractivity contribution in [3.8, 4) is 0 Å². The lowest BCUT2D eigenvalue weighted by molar-refractivity contribution is 0.644. The summed E-state index contributed by atoms with van der Waals surface area (Å²) in [6.45, 7) is 0. The predicted molar refractivity (Wildman–Crippen MR) is 101 cm³/mol. The Morgan fingerprint density at radius 1 is 1.08 bits per heavy atom. The van der Waals surface area contributed by atoms with Gasteiger partial charge >= 0.3 is 0 Å². The van der Waals surface area contributed by atoms with Crippen molar-refractivity contribution in [2.45, 2.75) is 25.2 Å². The number of halogens is 1. The highest BCUT2D eigenvalue weighted by Crippen LogP contribution is 2.33. The molecule has 1 unspecified atom stereocenters. The van der Waals surface area contributed by atoms with E-state index in [-0.39, 0.29) is 11.7 Å². The minimum Gasteiger partial charge on any atom is -0.384 e. The molecule has 2 N–H and O–H groups in total. The van der Waals surface area contributed by atoms with E-state index in [0.29, 0.717) is 12.2 Å². The van der Waals surface area contributed by atoms with Crippen molar-refractivity contribution < 1.29 is 4.39 Å². The Morgan fingerprint density at radius 3 is 2.65 bits per heavy atom. The van der Waals surface area contributed by atoms with Crippen molar-refractivity contribution in [3.05, 3.63) is 83.7 Å². The average molecular weight is 346 g/mol. The van der Waals surface area contributed by atoms with Gasteiger partial charge in [-0.15, -0.1) is 0 Å². The van der Waals surface area contributed by atoms with E-state index in [4.69, 9.17) is 5.73 Å². The van der Waals surface area contributed by atoms with E-state index in [9.17, 15) is 4.39 Å². The monoisotopic (exact) mass is 346 g/mol. The van der Waals surface area contributed by atoms with Gasteiger partial charge in [0.25, 0.3) is 0 Å². The number of hydrogen-bond donors (Lipinski definition) is 1. The molecule has 0 saturated heterocycles. The van der Waals surface area contributed by atoms with Gasteiger partial charge in [0.05, 0.1) is 5.52 Å². The standard InChI is InChI=1S/C21H19FN4/c22-17-6-4-16(5-7-17)19-10-21(23)26-20-9-14(3-8-18(19)20)1-2-15-11-24-13-25-12-15/h3-4,6-13,16H,1-2,5H2,(H2,23,26). The largest absolute Gasteiger partial charge is 0.384 e. The summed E-state index contributed by atoms with van der Waals surface area (Å²) in [6, 6.07) is 8.20. The Hall–Kier alpha value is -3.08. The smallest absolute Gasteiger partial charge is 0.124 e. The van der Waals surface area contributed by atoms with Crippen LogP contribution < -0.4 is 5.73 Å². The third-order valence-electron chi connectivity index (χ3n) is 4.70. The van der Waals surface area contributed by atoms with Crippen LogP contribution in [0, 0.1) is 0 Å². The van der Waals surface area contributed by atoms with Crippen LogP contribution in [-0.4, -0.2) is 15.0 Å². The first-order chi connectivity index (χ1) is 12.7. The lowest BCUT2D eigenvalue weighted by atomic mass is 9.89. The Bertz CT molecular complexity index is 996. The topological polar surface area (TPSA) is 64.7 Å². The van der Waals surface area contributed by atoms with Gasteiger partial charge in [-0.2, -0.15) is 0 Å². The molecule has 0 saturated carbocycles. The summed E-state index contributed by atoms with van der Waals surface area (Å²) in [5.74, 6) is 0.430. The highest BCUT2D eigenvalue weighted by Gasteiger charge is 2.16. The van der Waals surface area contributed by atoms with Gasteiger partial charge in [-0.3, -0.25) is 0 Å². The van der Waals surface area contributed by atoms with E-state index < -0.39 is 0 Å². The molecule has 1 aliphatic carbocycles. The van der Waals surface area contributed by atoms with Crippen LogP contribution in [0.3, 0.4) is 0 Å². The molecule has 0 radical (unpaired) electrons. The van der Waals surface area contributed by atoms with Crippen LogP contribution in [0.5, 0.6) is 0 Å². The SMILES string of the molecule is Nc1cc(C2C=CC(F)=CC2)c2ccc(CCc3cncnc3)cc2n1. The first-order valence-corrected chi connectivity index (χ1v) is 8.66. The maximum absolute atomic E-state index is 13.3. The summed E-state index contributed by atoms with van der Waals surface area (Å²) in [5, 5.41) is 1.07. The number of aryl methyl sites for hydroxylation is 2. The Balaban J connectivity index is 1.63. The van der Waals surface area contributed by atoms with E-state index in [1.807, 2.05) is 24.5 Å². The molecule has 0 bridgehead atoms. The number of nitrogen functional groups attached to an aromatic ring is 1. The van der Waals surface area contributed by atoms with Crippen LogP contribution in [0.1, 0.15) is 29.0 Å². The highest BCUT2D eigenvalue weighted by atomic mass is 19.1. The van der Waals surface area contributed by atoms with Crippen LogP contribution in [0.15, 0.2) is 67.0 Å². The number of hydrogen-bond acceptors (Lipinski definition) is 4. The summed E-state index contributed by atoms with van der Waals surface area (Å²) in [5.41, 5.74) is 10.3. The molecular formula is C21H19FN4. The van der Waals surface area contributed by atoms with Gasteiger partial charge in [0, 0.05) is 23.7 Å². The van der Waals surface area contributed by atoms with Crippen LogP contribution in [0.2, 0.25) is 0 Å². The lowest BCUT2D eigenvalue weighted by Crippen LogP contribution is -2.02. The average Bonchev–Trinajstić information content (AvgIpc) is 2.67. The van der Waals surface area contributed by atoms with Crippen LogP contribution >= 0.6 is 0 Å². The van der Waals surface area contributed by atoms with E-state index in [1.165, 1.54) is 18.0 Å². The normalized spacial score (nSPS) is 16.7. The van der Waals surface area contributed by atoms with E-state index in [0.717, 1.165) is 34.9 Å². The summed E-state index contributed by atoms with van der Waals surface area (Å²) < 4.78 is 13.3. The molecule has 0 aliphatic heterocycles. The number of pyridine rings is 1. The summed E-state index contributed by atoms with van der Waals surface area (Å²) >= 11 is 0. The molecule has 130 valence electrons. The van der Waals surface area contributed by atoms with Crippen molar-refractivity contribution in [3.63, 3.8) is 0 Å². The van der Waals surface area contributed by atoms with Gasteiger partial charge in [-0.1, -0.05) is 18.2 Å². The molecule has 5 heteroatoms. The maximum atomic E-state index is 13.3. The molecule has 3 aromatic rings. The zero-order valence-electron chi connectivity index (χ0n) is 14.3. The number of aromatic nitrogens is 3. The van der Waals surface area contributed by atoms with Crippen LogP contribution in [0.4, 0.5) is 10.2 Å². The quantitative estimate of drug-likeness (QED) is 0.765. The number of nitrogens with zero attached hydrogens (tertiary/aromatic N) is 3. The first-order valence-electron chi connectivity index (χ1n) is 8.66. The van der Waals surface area contributed by atoms with Gasteiger partial charge in [0.15, 0.2) is 0 Å². The van der Waals surface area contributed by atoms with Gasteiger partial charge < -0.3 is 5.73 Å². The van der Waals surface area contributed by atoms with E-state index in [2.05, 4.69) is 33.2 Å². The second kappa shape index (κ2) is 7.04. The van der Waals surface area contributed by atoms with Crippen LogP contribution in [-0.2, 0) is 12.8 Å². The maximum Gasteiger partial charge on any atom is 0.124 e. The number of fused-ring (bicyclic) bond motifs is 1. The summed E-state index contributed by atoms with van der Waals surface area (Å²) in [4.78, 5) is 12.6. The van der Waals surface area contributed by atoms with Crippen molar-refractivity contribution in [1.82, 2.24) is 15.0 Å². The second-order valence-corrected chi connectivity index (χ2v) is 6.52. The number of benzene rings is 1. The van der Waals surface area contributed by atoms with Crippen molar-refractivity contribution >= 4 is 16.7 Å². The lowest BCUT2D eigenvalue weighted by Gasteiger charge is -2.17. The molecule has 0 spiro atoms. The van der Waals surface area contributed by atoms with Crippen LogP contribution in [0.25, 0.3) is 10.9 Å². The molecule has 1 aromatic carbocycles. The fraction of sp³-hybridized carbons (Fsp3) is 0.190. The third kappa shape index (κ3) is 3.47. The minimum atomic E-state index is -0.181. The van der Waals surface area contributed by atoms with E-state index in [1.54, 1.807) is 6.08 Å².